The van der Waals surface area contributed by atoms with Crippen molar-refractivity contribution in [2.24, 2.45) is 5.92 Å². The van der Waals surface area contributed by atoms with E-state index in [1.807, 2.05) is 6.92 Å². The lowest BCUT2D eigenvalue weighted by molar-refractivity contribution is 0.127. The first-order valence-corrected chi connectivity index (χ1v) is 7.43. The number of methoxy groups -OCH3 is 1. The molecule has 0 aromatic carbocycles. The SMILES string of the molecule is COc1sc(CN2CCC(C(C)O)C2)cc1Br. The summed E-state index contributed by atoms with van der Waals surface area (Å²) in [5.74, 6) is 0.431. The van der Waals surface area contributed by atoms with Crippen molar-refractivity contribution in [3.8, 4) is 5.06 Å². The molecule has 17 heavy (non-hydrogen) atoms. The lowest BCUT2D eigenvalue weighted by Gasteiger charge is -2.16. The van der Waals surface area contributed by atoms with Gasteiger partial charge in [-0.2, -0.15) is 0 Å². The number of thiophene rings is 1. The fraction of sp³-hybridized carbons (Fsp3) is 0.667. The molecule has 2 unspecified atom stereocenters. The third-order valence-electron chi connectivity index (χ3n) is 3.26. The molecule has 3 nitrogen and oxygen atoms in total. The summed E-state index contributed by atoms with van der Waals surface area (Å²) >= 11 is 5.17. The summed E-state index contributed by atoms with van der Waals surface area (Å²) in [6, 6.07) is 2.12. The van der Waals surface area contributed by atoms with E-state index in [4.69, 9.17) is 4.74 Å². The predicted molar refractivity (Wildman–Crippen MR) is 73.6 cm³/mol. The Kier molecular flexibility index (Phi) is 4.47. The van der Waals surface area contributed by atoms with Crippen molar-refractivity contribution in [3.05, 3.63) is 15.4 Å². The first-order valence-electron chi connectivity index (χ1n) is 5.82. The van der Waals surface area contributed by atoms with Crippen molar-refractivity contribution in [1.82, 2.24) is 4.90 Å². The summed E-state index contributed by atoms with van der Waals surface area (Å²) in [7, 11) is 1.69. The molecule has 2 rings (SSSR count). The fourth-order valence-corrected chi connectivity index (χ4v) is 3.97. The van der Waals surface area contributed by atoms with Gasteiger partial charge in [0.1, 0.15) is 0 Å². The summed E-state index contributed by atoms with van der Waals surface area (Å²) in [5, 5.41) is 10.5. The number of likely N-dealkylation sites (tertiary alicyclic amines) is 1. The molecule has 2 atom stereocenters. The van der Waals surface area contributed by atoms with E-state index in [2.05, 4.69) is 26.9 Å². The number of ether oxygens (including phenoxy) is 1. The Balaban J connectivity index is 1.93. The maximum Gasteiger partial charge on any atom is 0.188 e. The Morgan fingerprint density at radius 1 is 1.71 bits per heavy atom. The maximum atomic E-state index is 9.57. The van der Waals surface area contributed by atoms with Crippen LogP contribution in [0, 0.1) is 5.92 Å². The highest BCUT2D eigenvalue weighted by molar-refractivity contribution is 9.10. The molecule has 96 valence electrons. The van der Waals surface area contributed by atoms with Gasteiger partial charge in [0.2, 0.25) is 0 Å². The average Bonchev–Trinajstić information content (AvgIpc) is 2.86. The van der Waals surface area contributed by atoms with Crippen molar-refractivity contribution in [1.29, 1.82) is 0 Å². The Bertz CT molecular complexity index is 381. The van der Waals surface area contributed by atoms with E-state index in [-0.39, 0.29) is 6.10 Å². The van der Waals surface area contributed by atoms with Gasteiger partial charge in [-0.25, -0.2) is 0 Å². The molecule has 0 aliphatic carbocycles. The number of aliphatic hydroxyl groups excluding tert-OH is 1. The molecule has 1 aromatic heterocycles. The minimum Gasteiger partial charge on any atom is -0.486 e. The quantitative estimate of drug-likeness (QED) is 0.926. The Morgan fingerprint density at radius 2 is 2.47 bits per heavy atom. The Morgan fingerprint density at radius 3 is 3.00 bits per heavy atom. The third kappa shape index (κ3) is 3.22. The van der Waals surface area contributed by atoms with Crippen LogP contribution in [0.15, 0.2) is 10.5 Å². The van der Waals surface area contributed by atoms with Gasteiger partial charge < -0.3 is 9.84 Å². The van der Waals surface area contributed by atoms with E-state index in [0.29, 0.717) is 5.92 Å². The molecule has 1 saturated heterocycles. The lowest BCUT2D eigenvalue weighted by atomic mass is 10.0. The summed E-state index contributed by atoms with van der Waals surface area (Å²) < 4.78 is 6.30. The minimum atomic E-state index is -0.190. The second-order valence-corrected chi connectivity index (χ2v) is 6.53. The van der Waals surface area contributed by atoms with E-state index < -0.39 is 0 Å². The van der Waals surface area contributed by atoms with Crippen LogP contribution in [0.4, 0.5) is 0 Å². The van der Waals surface area contributed by atoms with E-state index in [1.54, 1.807) is 18.4 Å². The normalized spacial score (nSPS) is 22.9. The van der Waals surface area contributed by atoms with Gasteiger partial charge in [0.05, 0.1) is 17.7 Å². The van der Waals surface area contributed by atoms with Gasteiger partial charge in [-0.05, 0) is 47.8 Å². The number of hydrogen-bond acceptors (Lipinski definition) is 4. The molecule has 1 fully saturated rings. The third-order valence-corrected chi connectivity index (χ3v) is 5.19. The summed E-state index contributed by atoms with van der Waals surface area (Å²) in [6.07, 6.45) is 0.908. The number of halogens is 1. The second kappa shape index (κ2) is 5.69. The first-order chi connectivity index (χ1) is 8.10. The fourth-order valence-electron chi connectivity index (χ4n) is 2.23. The highest BCUT2D eigenvalue weighted by Gasteiger charge is 2.26. The molecule has 0 amide bonds. The molecule has 0 saturated carbocycles. The molecule has 0 spiro atoms. The zero-order valence-corrected chi connectivity index (χ0v) is 12.6. The van der Waals surface area contributed by atoms with Crippen LogP contribution < -0.4 is 4.74 Å². The molecule has 1 N–H and O–H groups in total. The Labute approximate surface area is 115 Å². The van der Waals surface area contributed by atoms with Crippen molar-refractivity contribution in [2.45, 2.75) is 26.0 Å². The average molecular weight is 320 g/mol. The number of rotatable bonds is 4. The molecule has 0 bridgehead atoms. The van der Waals surface area contributed by atoms with E-state index in [1.165, 1.54) is 4.88 Å². The van der Waals surface area contributed by atoms with Crippen molar-refractivity contribution in [2.75, 3.05) is 20.2 Å². The van der Waals surface area contributed by atoms with Crippen molar-refractivity contribution < 1.29 is 9.84 Å². The zero-order chi connectivity index (χ0) is 12.4. The monoisotopic (exact) mass is 319 g/mol. The van der Waals surface area contributed by atoms with Crippen molar-refractivity contribution in [3.63, 3.8) is 0 Å². The van der Waals surface area contributed by atoms with Gasteiger partial charge in [0, 0.05) is 18.0 Å². The largest absolute Gasteiger partial charge is 0.486 e. The van der Waals surface area contributed by atoms with Crippen LogP contribution in [0.5, 0.6) is 5.06 Å². The molecular weight excluding hydrogens is 302 g/mol. The van der Waals surface area contributed by atoms with Gasteiger partial charge in [0.15, 0.2) is 5.06 Å². The highest BCUT2D eigenvalue weighted by atomic mass is 79.9. The Hall–Kier alpha value is -0.100. The molecule has 1 aromatic rings. The summed E-state index contributed by atoms with van der Waals surface area (Å²) in [4.78, 5) is 3.70. The predicted octanol–water partition coefficient (Wildman–Crippen LogP) is 2.72. The standard InChI is InChI=1S/C12H18BrNO2S/c1-8(15)9-3-4-14(6-9)7-10-5-11(13)12(16-2)17-10/h5,8-9,15H,3-4,6-7H2,1-2H3. The number of hydrogen-bond donors (Lipinski definition) is 1. The van der Waals surface area contributed by atoms with Crippen LogP contribution in [-0.4, -0.2) is 36.3 Å². The summed E-state index contributed by atoms with van der Waals surface area (Å²) in [6.45, 7) is 4.91. The van der Waals surface area contributed by atoms with Gasteiger partial charge in [-0.15, -0.1) is 11.3 Å². The molecule has 1 aliphatic rings. The van der Waals surface area contributed by atoms with Crippen LogP contribution in [0.25, 0.3) is 0 Å². The topological polar surface area (TPSA) is 32.7 Å². The van der Waals surface area contributed by atoms with Crippen molar-refractivity contribution >= 4 is 27.3 Å². The van der Waals surface area contributed by atoms with Gasteiger partial charge in [-0.3, -0.25) is 4.90 Å². The van der Waals surface area contributed by atoms with Crippen LogP contribution in [0.2, 0.25) is 0 Å². The molecular formula is C12H18BrNO2S. The van der Waals surface area contributed by atoms with Gasteiger partial charge in [0.25, 0.3) is 0 Å². The van der Waals surface area contributed by atoms with E-state index in [0.717, 1.165) is 35.6 Å². The highest BCUT2D eigenvalue weighted by Crippen LogP contribution is 2.35. The number of nitrogens with zero attached hydrogens (tertiary/aromatic N) is 1. The van der Waals surface area contributed by atoms with E-state index in [9.17, 15) is 5.11 Å². The lowest BCUT2D eigenvalue weighted by Crippen LogP contribution is -2.23. The summed E-state index contributed by atoms with van der Waals surface area (Å²) in [5.41, 5.74) is 0. The van der Waals surface area contributed by atoms with Crippen LogP contribution in [0.1, 0.15) is 18.2 Å². The number of aliphatic hydroxyl groups is 1. The second-order valence-electron chi connectivity index (χ2n) is 4.58. The van der Waals surface area contributed by atoms with Crippen LogP contribution >= 0.6 is 27.3 Å². The van der Waals surface area contributed by atoms with Gasteiger partial charge >= 0.3 is 0 Å². The van der Waals surface area contributed by atoms with Gasteiger partial charge in [-0.1, -0.05) is 0 Å². The maximum absolute atomic E-state index is 9.57. The van der Waals surface area contributed by atoms with E-state index >= 15 is 0 Å². The minimum absolute atomic E-state index is 0.190. The first kappa shape index (κ1) is 13.3. The zero-order valence-electron chi connectivity index (χ0n) is 10.1. The van der Waals surface area contributed by atoms with Crippen LogP contribution in [-0.2, 0) is 6.54 Å². The molecule has 1 aliphatic heterocycles. The molecule has 2 heterocycles. The molecule has 5 heteroatoms. The van der Waals surface area contributed by atoms with Crippen LogP contribution in [0.3, 0.4) is 0 Å². The smallest absolute Gasteiger partial charge is 0.188 e. The molecule has 0 radical (unpaired) electrons.